The zero-order valence-electron chi connectivity index (χ0n) is 16.3. The first kappa shape index (κ1) is 18.9. The molecule has 4 aliphatic carbocycles. The van der Waals surface area contributed by atoms with Gasteiger partial charge >= 0.3 is 5.97 Å². The highest BCUT2D eigenvalue weighted by Gasteiger charge is 2.73. The molecule has 4 rings (SSSR count). The van der Waals surface area contributed by atoms with E-state index in [4.69, 9.17) is 4.74 Å². The van der Waals surface area contributed by atoms with Gasteiger partial charge in [0.05, 0.1) is 36.4 Å². The molecule has 0 heterocycles. The molecule has 0 unspecified atom stereocenters. The summed E-state index contributed by atoms with van der Waals surface area (Å²) < 4.78 is 5.10. The summed E-state index contributed by atoms with van der Waals surface area (Å²) in [5.74, 6) is -0.989. The molecule has 0 saturated heterocycles. The number of hydrogen-bond donors (Lipinski definition) is 3. The number of allylic oxidation sites excluding steroid dienone is 1. The molecule has 8 atom stereocenters. The lowest BCUT2D eigenvalue weighted by Crippen LogP contribution is -2.68. The van der Waals surface area contributed by atoms with Crippen molar-refractivity contribution in [2.75, 3.05) is 7.11 Å². The van der Waals surface area contributed by atoms with E-state index in [0.717, 1.165) is 12.7 Å². The molecule has 4 aliphatic rings. The van der Waals surface area contributed by atoms with Crippen LogP contribution in [0.5, 0.6) is 0 Å². The van der Waals surface area contributed by atoms with Crippen LogP contribution in [0.2, 0.25) is 0 Å². The fraction of sp³-hybridized carbons (Fsp3) is 0.810. The van der Waals surface area contributed by atoms with Gasteiger partial charge in [0.15, 0.2) is 5.78 Å². The van der Waals surface area contributed by atoms with E-state index in [0.29, 0.717) is 31.3 Å². The quantitative estimate of drug-likeness (QED) is 0.367. The molecule has 1 spiro atoms. The molecule has 27 heavy (non-hydrogen) atoms. The SMILES string of the molecule is COC(=O)[C@]1(C)CC[C@H](O)[C@@]2(C)[C@@H]3CC[C@@H]4C[C@]3(C(=O)/C4=C/O)[C@@H](O)C[C@@H]21. The minimum absolute atomic E-state index is 0.0266. The van der Waals surface area contributed by atoms with Gasteiger partial charge in [-0.05, 0) is 63.2 Å². The Morgan fingerprint density at radius 2 is 1.85 bits per heavy atom. The first-order valence-electron chi connectivity index (χ1n) is 10.0. The number of esters is 1. The Labute approximate surface area is 159 Å². The van der Waals surface area contributed by atoms with Crippen molar-refractivity contribution in [3.63, 3.8) is 0 Å². The van der Waals surface area contributed by atoms with E-state index in [1.165, 1.54) is 7.11 Å². The second-order valence-electron chi connectivity index (χ2n) is 9.62. The first-order valence-corrected chi connectivity index (χ1v) is 10.0. The predicted octanol–water partition coefficient (Wildman–Crippen LogP) is 2.13. The van der Waals surface area contributed by atoms with Crippen LogP contribution in [-0.4, -0.2) is 46.4 Å². The van der Waals surface area contributed by atoms with E-state index in [2.05, 4.69) is 0 Å². The van der Waals surface area contributed by atoms with Crippen molar-refractivity contribution in [1.82, 2.24) is 0 Å². The number of rotatable bonds is 1. The molecule has 2 bridgehead atoms. The van der Waals surface area contributed by atoms with Gasteiger partial charge in [-0.3, -0.25) is 9.59 Å². The lowest BCUT2D eigenvalue weighted by atomic mass is 9.39. The smallest absolute Gasteiger partial charge is 0.311 e. The minimum Gasteiger partial charge on any atom is -0.515 e. The van der Waals surface area contributed by atoms with Gasteiger partial charge < -0.3 is 20.1 Å². The Balaban J connectivity index is 1.86. The average Bonchev–Trinajstić information content (AvgIpc) is 2.87. The molecule has 0 amide bonds. The number of ketones is 1. The summed E-state index contributed by atoms with van der Waals surface area (Å²) in [4.78, 5) is 26.0. The molecule has 0 aromatic carbocycles. The Bertz CT molecular complexity index is 715. The Hall–Kier alpha value is -1.40. The monoisotopic (exact) mass is 378 g/mol. The minimum atomic E-state index is -0.960. The van der Waals surface area contributed by atoms with Gasteiger partial charge in [-0.25, -0.2) is 0 Å². The van der Waals surface area contributed by atoms with Crippen molar-refractivity contribution in [1.29, 1.82) is 0 Å². The van der Waals surface area contributed by atoms with Crippen LogP contribution in [0, 0.1) is 34.0 Å². The fourth-order valence-electron chi connectivity index (χ4n) is 7.54. The summed E-state index contributed by atoms with van der Waals surface area (Å²) >= 11 is 0. The van der Waals surface area contributed by atoms with Crippen LogP contribution < -0.4 is 0 Å². The number of hydrogen-bond acceptors (Lipinski definition) is 6. The van der Waals surface area contributed by atoms with Crippen LogP contribution in [0.15, 0.2) is 11.8 Å². The molecular formula is C21H30O6. The number of Topliss-reactive ketones (excluding diaryl/α,β-unsaturated/α-hetero) is 1. The third-order valence-electron chi connectivity index (χ3n) is 8.90. The lowest BCUT2D eigenvalue weighted by molar-refractivity contribution is -0.235. The van der Waals surface area contributed by atoms with Gasteiger partial charge in [-0.15, -0.1) is 0 Å². The van der Waals surface area contributed by atoms with Crippen molar-refractivity contribution in [2.24, 2.45) is 34.0 Å². The molecule has 0 aromatic rings. The zero-order chi connectivity index (χ0) is 19.8. The first-order chi connectivity index (χ1) is 12.7. The maximum atomic E-state index is 13.3. The second kappa shape index (κ2) is 5.80. The van der Waals surface area contributed by atoms with Gasteiger partial charge in [0.1, 0.15) is 0 Å². The van der Waals surface area contributed by atoms with E-state index in [-0.39, 0.29) is 35.9 Å². The molecular weight excluding hydrogens is 348 g/mol. The summed E-state index contributed by atoms with van der Waals surface area (Å²) in [5, 5.41) is 31.9. The maximum absolute atomic E-state index is 13.3. The number of ether oxygens (including phenoxy) is 1. The predicted molar refractivity (Wildman–Crippen MR) is 96.6 cm³/mol. The van der Waals surface area contributed by atoms with Crippen LogP contribution in [0.4, 0.5) is 0 Å². The van der Waals surface area contributed by atoms with Crippen LogP contribution in [-0.2, 0) is 14.3 Å². The topological polar surface area (TPSA) is 104 Å². The van der Waals surface area contributed by atoms with E-state index in [1.807, 2.05) is 13.8 Å². The van der Waals surface area contributed by atoms with Crippen LogP contribution in [0.3, 0.4) is 0 Å². The highest BCUT2D eigenvalue weighted by Crippen LogP contribution is 2.71. The third-order valence-corrected chi connectivity index (χ3v) is 8.90. The van der Waals surface area contributed by atoms with Crippen LogP contribution in [0.1, 0.15) is 52.4 Å². The number of aliphatic hydroxyl groups excluding tert-OH is 3. The van der Waals surface area contributed by atoms with E-state index in [1.54, 1.807) is 0 Å². The summed E-state index contributed by atoms with van der Waals surface area (Å²) in [6.07, 6.45) is 2.63. The third kappa shape index (κ3) is 2.03. The normalized spacial score (nSPS) is 53.0. The second-order valence-corrected chi connectivity index (χ2v) is 9.62. The number of carbonyl (C=O) groups excluding carboxylic acids is 2. The largest absolute Gasteiger partial charge is 0.515 e. The lowest BCUT2D eigenvalue weighted by Gasteiger charge is -2.65. The highest BCUT2D eigenvalue weighted by atomic mass is 16.5. The number of methoxy groups -OCH3 is 1. The molecule has 4 saturated carbocycles. The Morgan fingerprint density at radius 1 is 1.15 bits per heavy atom. The average molecular weight is 378 g/mol. The Kier molecular flexibility index (Phi) is 4.07. The van der Waals surface area contributed by atoms with Gasteiger partial charge in [0.25, 0.3) is 0 Å². The van der Waals surface area contributed by atoms with Crippen molar-refractivity contribution in [2.45, 2.75) is 64.6 Å². The number of carbonyl (C=O) groups is 2. The molecule has 0 radical (unpaired) electrons. The highest BCUT2D eigenvalue weighted by molar-refractivity contribution is 6.03. The summed E-state index contributed by atoms with van der Waals surface area (Å²) in [6.45, 7) is 3.87. The molecule has 0 aromatic heterocycles. The molecule has 6 nitrogen and oxygen atoms in total. The van der Waals surface area contributed by atoms with E-state index >= 15 is 0 Å². The molecule has 4 fully saturated rings. The molecule has 0 aliphatic heterocycles. The van der Waals surface area contributed by atoms with E-state index < -0.39 is 28.5 Å². The maximum Gasteiger partial charge on any atom is 0.311 e. The summed E-state index contributed by atoms with van der Waals surface area (Å²) in [6, 6.07) is 0. The molecule has 3 N–H and O–H groups in total. The van der Waals surface area contributed by atoms with Gasteiger partial charge in [-0.1, -0.05) is 6.92 Å². The number of fused-ring (bicyclic) bond motifs is 3. The summed E-state index contributed by atoms with van der Waals surface area (Å²) in [7, 11) is 1.38. The van der Waals surface area contributed by atoms with E-state index in [9.17, 15) is 24.9 Å². The van der Waals surface area contributed by atoms with Crippen molar-refractivity contribution in [3.05, 3.63) is 11.8 Å². The molecule has 6 heteroatoms. The van der Waals surface area contributed by atoms with Gasteiger partial charge in [-0.2, -0.15) is 0 Å². The van der Waals surface area contributed by atoms with Gasteiger partial charge in [0, 0.05) is 11.0 Å². The zero-order valence-corrected chi connectivity index (χ0v) is 16.3. The van der Waals surface area contributed by atoms with Crippen LogP contribution >= 0.6 is 0 Å². The van der Waals surface area contributed by atoms with Crippen molar-refractivity contribution >= 4 is 11.8 Å². The Morgan fingerprint density at radius 3 is 2.48 bits per heavy atom. The number of aliphatic hydroxyl groups is 3. The standard InChI is InChI=1S/C21H30O6/c1-19(18(26)27-3)7-6-15(23)20(2)13-5-4-11-9-21(13,16(24)8-14(19)20)17(25)12(11)10-22/h10-11,13-16,22-24H,4-9H2,1-3H3/b12-10+/t11-,13+,14-,15+,16+,19-,20+,21-/m1/s1. The fourth-order valence-corrected chi connectivity index (χ4v) is 7.54. The summed E-state index contributed by atoms with van der Waals surface area (Å²) in [5.41, 5.74) is -2.00. The molecule has 150 valence electrons. The van der Waals surface area contributed by atoms with Crippen molar-refractivity contribution < 1.29 is 29.6 Å². The van der Waals surface area contributed by atoms with Gasteiger partial charge in [0.2, 0.25) is 0 Å². The van der Waals surface area contributed by atoms with Crippen LogP contribution in [0.25, 0.3) is 0 Å². The van der Waals surface area contributed by atoms with Crippen molar-refractivity contribution in [3.8, 4) is 0 Å².